The number of carboxylic acids is 1. The Kier molecular flexibility index (Phi) is 6.10. The molecule has 19 heavy (non-hydrogen) atoms. The molecule has 0 aliphatic carbocycles. The van der Waals surface area contributed by atoms with Gasteiger partial charge in [-0.15, -0.1) is 0 Å². The Morgan fingerprint density at radius 1 is 1.26 bits per heavy atom. The molecule has 2 nitrogen and oxygen atoms in total. The minimum atomic E-state index is -0.904. The lowest BCUT2D eigenvalue weighted by Gasteiger charge is -2.06. The zero-order chi connectivity index (χ0) is 14.1. The Balaban J connectivity index is 2.83. The number of allylic oxidation sites excluding steroid dienone is 5. The number of carbonyl (C=O) groups is 1. The summed E-state index contributed by atoms with van der Waals surface area (Å²) < 4.78 is 0. The Bertz CT molecular complexity index is 507. The second-order valence-electron chi connectivity index (χ2n) is 4.11. The number of benzene rings is 1. The second kappa shape index (κ2) is 7.88. The highest BCUT2D eigenvalue weighted by molar-refractivity contribution is 5.88. The van der Waals surface area contributed by atoms with Crippen LogP contribution in [0.15, 0.2) is 72.9 Å². The summed E-state index contributed by atoms with van der Waals surface area (Å²) in [5.41, 5.74) is 1.41. The van der Waals surface area contributed by atoms with E-state index < -0.39 is 5.97 Å². The lowest BCUT2D eigenvalue weighted by Crippen LogP contribution is -2.07. The molecule has 98 valence electrons. The van der Waals surface area contributed by atoms with Crippen LogP contribution in [0.5, 0.6) is 0 Å². The minimum absolute atomic E-state index is 0.160. The molecule has 0 aliphatic rings. The van der Waals surface area contributed by atoms with E-state index in [1.165, 1.54) is 0 Å². The molecule has 0 amide bonds. The largest absolute Gasteiger partial charge is 0.478 e. The highest BCUT2D eigenvalue weighted by Crippen LogP contribution is 2.15. The van der Waals surface area contributed by atoms with Crippen molar-refractivity contribution in [3.05, 3.63) is 78.4 Å². The molecule has 0 aromatic heterocycles. The van der Waals surface area contributed by atoms with Gasteiger partial charge in [0.1, 0.15) is 0 Å². The average molecular weight is 254 g/mol. The van der Waals surface area contributed by atoms with Crippen molar-refractivity contribution in [2.45, 2.75) is 6.92 Å². The summed E-state index contributed by atoms with van der Waals surface area (Å²) in [6.45, 7) is 5.41. The van der Waals surface area contributed by atoms with E-state index in [-0.39, 0.29) is 5.92 Å². The van der Waals surface area contributed by atoms with Crippen LogP contribution in [-0.4, -0.2) is 11.1 Å². The van der Waals surface area contributed by atoms with Gasteiger partial charge in [-0.2, -0.15) is 0 Å². The molecule has 1 unspecified atom stereocenters. The van der Waals surface area contributed by atoms with Crippen molar-refractivity contribution in [3.8, 4) is 0 Å². The van der Waals surface area contributed by atoms with E-state index in [1.807, 2.05) is 49.4 Å². The van der Waals surface area contributed by atoms with Crippen LogP contribution in [-0.2, 0) is 4.79 Å². The molecular formula is C17H18O2. The maximum atomic E-state index is 11.2. The number of hydrogen-bond donors (Lipinski definition) is 1. The van der Waals surface area contributed by atoms with Gasteiger partial charge >= 0.3 is 5.97 Å². The fourth-order valence-electron chi connectivity index (χ4n) is 1.58. The van der Waals surface area contributed by atoms with Gasteiger partial charge in [0.25, 0.3) is 0 Å². The standard InChI is InChI=1S/C17H18O2/c1-3-4-6-11-16(17(18)19)14(2)12-13-15-9-7-5-8-10-15/h3-14H,1H2,2H3,(H,18,19). The van der Waals surface area contributed by atoms with Crippen LogP contribution in [0.1, 0.15) is 12.5 Å². The Hall–Kier alpha value is -2.35. The molecule has 1 rings (SSSR count). The Labute approximate surface area is 114 Å². The van der Waals surface area contributed by atoms with Crippen molar-refractivity contribution >= 4 is 12.0 Å². The van der Waals surface area contributed by atoms with Crippen LogP contribution in [0, 0.1) is 5.92 Å². The molecule has 1 aromatic carbocycles. The zero-order valence-electron chi connectivity index (χ0n) is 11.0. The number of rotatable bonds is 6. The minimum Gasteiger partial charge on any atom is -0.478 e. The quantitative estimate of drug-likeness (QED) is 0.613. The third kappa shape index (κ3) is 5.21. The number of carboxylic acid groups (broad SMARTS) is 1. The van der Waals surface area contributed by atoms with Crippen LogP contribution < -0.4 is 0 Å². The predicted octanol–water partition coefficient (Wildman–Crippen LogP) is 4.09. The summed E-state index contributed by atoms with van der Waals surface area (Å²) in [5, 5.41) is 9.18. The lowest BCUT2D eigenvalue weighted by atomic mass is 9.99. The molecule has 1 atom stereocenters. The fourth-order valence-corrected chi connectivity index (χ4v) is 1.58. The van der Waals surface area contributed by atoms with Crippen molar-refractivity contribution < 1.29 is 9.90 Å². The molecule has 1 N–H and O–H groups in total. The topological polar surface area (TPSA) is 37.3 Å². The third-order valence-electron chi connectivity index (χ3n) is 2.64. The van der Waals surface area contributed by atoms with Crippen molar-refractivity contribution in [1.29, 1.82) is 0 Å². The van der Waals surface area contributed by atoms with Crippen molar-refractivity contribution in [2.75, 3.05) is 0 Å². The second-order valence-corrected chi connectivity index (χ2v) is 4.11. The first-order chi connectivity index (χ1) is 9.15. The molecule has 2 heteroatoms. The highest BCUT2D eigenvalue weighted by atomic mass is 16.4. The van der Waals surface area contributed by atoms with Crippen molar-refractivity contribution in [1.82, 2.24) is 0 Å². The fraction of sp³-hybridized carbons (Fsp3) is 0.118. The van der Waals surface area contributed by atoms with Gasteiger partial charge in [-0.05, 0) is 5.56 Å². The zero-order valence-corrected chi connectivity index (χ0v) is 11.0. The molecule has 0 spiro atoms. The van der Waals surface area contributed by atoms with E-state index >= 15 is 0 Å². The molecule has 1 aromatic rings. The number of aliphatic carboxylic acids is 1. The summed E-state index contributed by atoms with van der Waals surface area (Å²) >= 11 is 0. The van der Waals surface area contributed by atoms with Gasteiger partial charge in [0, 0.05) is 11.5 Å². The first-order valence-electron chi connectivity index (χ1n) is 6.11. The van der Waals surface area contributed by atoms with Gasteiger partial charge in [0.05, 0.1) is 0 Å². The van der Waals surface area contributed by atoms with E-state index in [9.17, 15) is 9.90 Å². The normalized spacial score (nSPS) is 13.8. The first kappa shape index (κ1) is 14.7. The lowest BCUT2D eigenvalue weighted by molar-refractivity contribution is -0.133. The molecule has 0 heterocycles. The SMILES string of the molecule is C=CC=CC=C(C(=O)O)C(C)C=Cc1ccccc1. The van der Waals surface area contributed by atoms with E-state index in [1.54, 1.807) is 24.3 Å². The van der Waals surface area contributed by atoms with E-state index in [0.29, 0.717) is 5.57 Å². The summed E-state index contributed by atoms with van der Waals surface area (Å²) in [7, 11) is 0. The van der Waals surface area contributed by atoms with Gasteiger partial charge in [-0.3, -0.25) is 0 Å². The summed E-state index contributed by atoms with van der Waals surface area (Å²) in [5.74, 6) is -1.06. The number of hydrogen-bond acceptors (Lipinski definition) is 1. The maximum absolute atomic E-state index is 11.2. The smallest absolute Gasteiger partial charge is 0.332 e. The maximum Gasteiger partial charge on any atom is 0.332 e. The van der Waals surface area contributed by atoms with E-state index in [2.05, 4.69) is 6.58 Å². The van der Waals surface area contributed by atoms with Gasteiger partial charge in [-0.1, -0.05) is 80.3 Å². The van der Waals surface area contributed by atoms with Crippen LogP contribution in [0.4, 0.5) is 0 Å². The summed E-state index contributed by atoms with van der Waals surface area (Å²) in [6, 6.07) is 9.80. The highest BCUT2D eigenvalue weighted by Gasteiger charge is 2.12. The molecule has 0 radical (unpaired) electrons. The predicted molar refractivity (Wildman–Crippen MR) is 79.7 cm³/mol. The molecule has 0 fully saturated rings. The van der Waals surface area contributed by atoms with Crippen molar-refractivity contribution in [3.63, 3.8) is 0 Å². The van der Waals surface area contributed by atoms with E-state index in [4.69, 9.17) is 0 Å². The summed E-state index contributed by atoms with van der Waals surface area (Å²) in [4.78, 5) is 11.2. The summed E-state index contributed by atoms with van der Waals surface area (Å²) in [6.07, 6.45) is 10.4. The van der Waals surface area contributed by atoms with Crippen molar-refractivity contribution in [2.24, 2.45) is 5.92 Å². The van der Waals surface area contributed by atoms with Gasteiger partial charge in [0.15, 0.2) is 0 Å². The van der Waals surface area contributed by atoms with Gasteiger partial charge in [-0.25, -0.2) is 4.79 Å². The monoisotopic (exact) mass is 254 g/mol. The van der Waals surface area contributed by atoms with Crippen LogP contribution >= 0.6 is 0 Å². The van der Waals surface area contributed by atoms with Gasteiger partial charge in [0.2, 0.25) is 0 Å². The first-order valence-corrected chi connectivity index (χ1v) is 6.11. The third-order valence-corrected chi connectivity index (χ3v) is 2.64. The molecule has 0 bridgehead atoms. The Morgan fingerprint density at radius 3 is 2.53 bits per heavy atom. The molecular weight excluding hydrogens is 236 g/mol. The molecule has 0 aliphatic heterocycles. The van der Waals surface area contributed by atoms with E-state index in [0.717, 1.165) is 5.56 Å². The van der Waals surface area contributed by atoms with Crippen LogP contribution in [0.3, 0.4) is 0 Å². The van der Waals surface area contributed by atoms with Crippen LogP contribution in [0.25, 0.3) is 6.08 Å². The average Bonchev–Trinajstić information content (AvgIpc) is 2.42. The van der Waals surface area contributed by atoms with Crippen LogP contribution in [0.2, 0.25) is 0 Å². The Morgan fingerprint density at radius 2 is 1.95 bits per heavy atom. The molecule has 0 saturated carbocycles. The molecule has 0 saturated heterocycles. The van der Waals surface area contributed by atoms with Gasteiger partial charge < -0.3 is 5.11 Å².